The molecule has 0 spiro atoms. The summed E-state index contributed by atoms with van der Waals surface area (Å²) in [5.74, 6) is 0.0415. The van der Waals surface area contributed by atoms with E-state index in [4.69, 9.17) is 0 Å². The monoisotopic (exact) mass is 325 g/mol. The molecule has 0 saturated carbocycles. The Labute approximate surface area is 137 Å². The number of hydrogen-bond acceptors (Lipinski definition) is 3. The fourth-order valence-electron chi connectivity index (χ4n) is 2.53. The van der Waals surface area contributed by atoms with Crippen LogP contribution in [0.25, 0.3) is 0 Å². The molecule has 1 aromatic carbocycles. The summed E-state index contributed by atoms with van der Waals surface area (Å²) in [7, 11) is 0. The van der Waals surface area contributed by atoms with Gasteiger partial charge in [0.2, 0.25) is 11.8 Å². The van der Waals surface area contributed by atoms with E-state index in [2.05, 4.69) is 16.0 Å². The summed E-state index contributed by atoms with van der Waals surface area (Å²) in [5.41, 5.74) is 1.94. The van der Waals surface area contributed by atoms with E-state index in [1.807, 2.05) is 24.3 Å². The maximum Gasteiger partial charge on any atom is 0.221 e. The third kappa shape index (κ3) is 6.45. The van der Waals surface area contributed by atoms with Crippen LogP contribution in [0.1, 0.15) is 31.7 Å². The van der Waals surface area contributed by atoms with Crippen molar-refractivity contribution in [2.75, 3.05) is 18.4 Å². The zero-order valence-electron chi connectivity index (χ0n) is 12.9. The van der Waals surface area contributed by atoms with E-state index >= 15 is 0 Å². The van der Waals surface area contributed by atoms with E-state index in [0.717, 1.165) is 30.6 Å². The minimum absolute atomic E-state index is 0. The topological polar surface area (TPSA) is 70.2 Å². The van der Waals surface area contributed by atoms with Crippen molar-refractivity contribution in [1.29, 1.82) is 0 Å². The van der Waals surface area contributed by atoms with Gasteiger partial charge in [-0.15, -0.1) is 12.4 Å². The maximum atomic E-state index is 11.8. The molecule has 1 aliphatic rings. The molecule has 0 aromatic heterocycles. The summed E-state index contributed by atoms with van der Waals surface area (Å²) in [5, 5.41) is 9.01. The van der Waals surface area contributed by atoms with Gasteiger partial charge < -0.3 is 16.0 Å². The Balaban J connectivity index is 0.00000242. The highest BCUT2D eigenvalue weighted by molar-refractivity contribution is 5.88. The summed E-state index contributed by atoms with van der Waals surface area (Å²) in [6.45, 7) is 3.16. The lowest BCUT2D eigenvalue weighted by Crippen LogP contribution is -2.32. The van der Waals surface area contributed by atoms with Crippen molar-refractivity contribution < 1.29 is 9.59 Å². The van der Waals surface area contributed by atoms with Gasteiger partial charge in [-0.2, -0.15) is 0 Å². The third-order valence-corrected chi connectivity index (χ3v) is 3.60. The van der Waals surface area contributed by atoms with Crippen LogP contribution in [-0.4, -0.2) is 30.9 Å². The predicted molar refractivity (Wildman–Crippen MR) is 90.3 cm³/mol. The van der Waals surface area contributed by atoms with Crippen molar-refractivity contribution in [3.8, 4) is 0 Å². The molecule has 1 aromatic rings. The number of amides is 2. The summed E-state index contributed by atoms with van der Waals surface area (Å²) in [6, 6.07) is 8.04. The van der Waals surface area contributed by atoms with Gasteiger partial charge in [-0.3, -0.25) is 9.59 Å². The molecule has 1 fully saturated rings. The zero-order valence-corrected chi connectivity index (χ0v) is 13.7. The lowest BCUT2D eigenvalue weighted by Gasteiger charge is -2.10. The highest BCUT2D eigenvalue weighted by Crippen LogP contribution is 2.10. The van der Waals surface area contributed by atoms with Gasteiger partial charge in [0.1, 0.15) is 0 Å². The first-order valence-corrected chi connectivity index (χ1v) is 7.50. The van der Waals surface area contributed by atoms with Crippen LogP contribution in [-0.2, 0) is 16.0 Å². The quantitative estimate of drug-likeness (QED) is 0.748. The van der Waals surface area contributed by atoms with Crippen LogP contribution in [0, 0.1) is 0 Å². The Morgan fingerprint density at radius 2 is 2.00 bits per heavy atom. The van der Waals surface area contributed by atoms with Crippen LogP contribution < -0.4 is 16.0 Å². The van der Waals surface area contributed by atoms with Crippen molar-refractivity contribution in [1.82, 2.24) is 10.6 Å². The van der Waals surface area contributed by atoms with Gasteiger partial charge in [-0.1, -0.05) is 12.1 Å². The molecule has 1 atom stereocenters. The fraction of sp³-hybridized carbons (Fsp3) is 0.500. The highest BCUT2D eigenvalue weighted by atomic mass is 35.5. The molecule has 1 unspecified atom stereocenters. The molecule has 2 amide bonds. The molecule has 3 N–H and O–H groups in total. The van der Waals surface area contributed by atoms with Crippen LogP contribution in [0.4, 0.5) is 5.69 Å². The van der Waals surface area contributed by atoms with Gasteiger partial charge in [0.05, 0.1) is 0 Å². The van der Waals surface area contributed by atoms with Crippen molar-refractivity contribution >= 4 is 29.9 Å². The predicted octanol–water partition coefficient (Wildman–Crippen LogP) is 1.87. The standard InChI is InChI=1S/C16H23N3O2.ClH/c1-12(20)19-14-6-4-13(5-7-14)8-10-18-16(21)11-15-3-2-9-17-15;/h4-7,15,17H,2-3,8-11H2,1H3,(H,18,21)(H,19,20);1H. The minimum Gasteiger partial charge on any atom is -0.356 e. The Kier molecular flexibility index (Phi) is 7.91. The molecule has 6 heteroatoms. The molecular formula is C16H24ClN3O2. The van der Waals surface area contributed by atoms with Crippen LogP contribution in [0.15, 0.2) is 24.3 Å². The first-order valence-electron chi connectivity index (χ1n) is 7.50. The molecule has 0 aliphatic carbocycles. The molecule has 1 aliphatic heterocycles. The van der Waals surface area contributed by atoms with Gasteiger partial charge in [0.15, 0.2) is 0 Å². The van der Waals surface area contributed by atoms with Crippen LogP contribution in [0.2, 0.25) is 0 Å². The largest absolute Gasteiger partial charge is 0.356 e. The van der Waals surface area contributed by atoms with Gasteiger partial charge in [0.25, 0.3) is 0 Å². The van der Waals surface area contributed by atoms with E-state index in [0.29, 0.717) is 19.0 Å². The number of rotatable bonds is 6. The van der Waals surface area contributed by atoms with E-state index in [1.54, 1.807) is 0 Å². The van der Waals surface area contributed by atoms with E-state index in [-0.39, 0.29) is 24.2 Å². The smallest absolute Gasteiger partial charge is 0.221 e. The Hall–Kier alpha value is -1.59. The zero-order chi connectivity index (χ0) is 15.1. The Bertz CT molecular complexity index is 485. The Morgan fingerprint density at radius 1 is 1.27 bits per heavy atom. The lowest BCUT2D eigenvalue weighted by atomic mass is 10.1. The summed E-state index contributed by atoms with van der Waals surface area (Å²) in [4.78, 5) is 22.7. The highest BCUT2D eigenvalue weighted by Gasteiger charge is 2.17. The number of anilines is 1. The van der Waals surface area contributed by atoms with Crippen LogP contribution in [0.3, 0.4) is 0 Å². The maximum absolute atomic E-state index is 11.8. The molecule has 0 bridgehead atoms. The van der Waals surface area contributed by atoms with Crippen LogP contribution >= 0.6 is 12.4 Å². The summed E-state index contributed by atoms with van der Waals surface area (Å²) in [6.07, 6.45) is 3.63. The van der Waals surface area contributed by atoms with Gasteiger partial charge in [-0.25, -0.2) is 0 Å². The first kappa shape index (κ1) is 18.5. The molecule has 122 valence electrons. The normalized spacial score (nSPS) is 16.7. The van der Waals surface area contributed by atoms with Crippen LogP contribution in [0.5, 0.6) is 0 Å². The van der Waals surface area contributed by atoms with Gasteiger partial charge in [0, 0.05) is 31.6 Å². The number of carbonyl (C=O) groups excluding carboxylic acids is 2. The Morgan fingerprint density at radius 3 is 2.59 bits per heavy atom. The third-order valence-electron chi connectivity index (χ3n) is 3.60. The van der Waals surface area contributed by atoms with E-state index < -0.39 is 0 Å². The van der Waals surface area contributed by atoms with Crippen molar-refractivity contribution in [3.05, 3.63) is 29.8 Å². The second-order valence-electron chi connectivity index (χ2n) is 5.48. The molecule has 0 radical (unpaired) electrons. The second kappa shape index (κ2) is 9.43. The molecule has 5 nitrogen and oxygen atoms in total. The molecule has 1 saturated heterocycles. The number of carbonyl (C=O) groups is 2. The molecule has 1 heterocycles. The van der Waals surface area contributed by atoms with Gasteiger partial charge >= 0.3 is 0 Å². The number of nitrogens with one attached hydrogen (secondary N) is 3. The second-order valence-corrected chi connectivity index (χ2v) is 5.48. The minimum atomic E-state index is -0.0736. The average Bonchev–Trinajstić information content (AvgIpc) is 2.93. The molecule has 2 rings (SSSR count). The molecule has 22 heavy (non-hydrogen) atoms. The molecular weight excluding hydrogens is 302 g/mol. The average molecular weight is 326 g/mol. The van der Waals surface area contributed by atoms with E-state index in [1.165, 1.54) is 13.3 Å². The van der Waals surface area contributed by atoms with Crippen molar-refractivity contribution in [3.63, 3.8) is 0 Å². The van der Waals surface area contributed by atoms with Crippen molar-refractivity contribution in [2.45, 2.75) is 38.6 Å². The lowest BCUT2D eigenvalue weighted by molar-refractivity contribution is -0.121. The first-order chi connectivity index (χ1) is 10.1. The summed E-state index contributed by atoms with van der Waals surface area (Å²) < 4.78 is 0. The number of hydrogen-bond donors (Lipinski definition) is 3. The number of halogens is 1. The van der Waals surface area contributed by atoms with Gasteiger partial charge in [-0.05, 0) is 43.5 Å². The SMILES string of the molecule is CC(=O)Nc1ccc(CCNC(=O)CC2CCCN2)cc1.Cl. The van der Waals surface area contributed by atoms with Crippen molar-refractivity contribution in [2.24, 2.45) is 0 Å². The summed E-state index contributed by atoms with van der Waals surface area (Å²) >= 11 is 0. The van der Waals surface area contributed by atoms with E-state index in [9.17, 15) is 9.59 Å². The number of benzene rings is 1. The fourth-order valence-corrected chi connectivity index (χ4v) is 2.53.